The number of ether oxygens (including phenoxy) is 1. The van der Waals surface area contributed by atoms with Crippen LogP contribution < -0.4 is 4.74 Å². The number of nitrogens with zero attached hydrogens (tertiary/aromatic N) is 4. The zero-order chi connectivity index (χ0) is 20.0. The zero-order valence-electron chi connectivity index (χ0n) is 14.9. The van der Waals surface area contributed by atoms with E-state index in [1.807, 2.05) is 12.1 Å². The van der Waals surface area contributed by atoms with Crippen molar-refractivity contribution >= 4 is 5.71 Å². The summed E-state index contributed by atoms with van der Waals surface area (Å²) in [5, 5.41) is 11.5. The monoisotopic (exact) mass is 390 g/mol. The van der Waals surface area contributed by atoms with Crippen molar-refractivity contribution in [2.75, 3.05) is 0 Å². The van der Waals surface area contributed by atoms with E-state index in [9.17, 15) is 13.2 Å². The minimum atomic E-state index is -4.35. The lowest BCUT2D eigenvalue weighted by Gasteiger charge is -2.08. The number of hydrogen-bond donors (Lipinski definition) is 0. The van der Waals surface area contributed by atoms with Crippen LogP contribution in [-0.4, -0.2) is 20.7 Å². The van der Waals surface area contributed by atoms with Crippen LogP contribution in [0, 0.1) is 0 Å². The minimum Gasteiger partial charge on any atom is -0.471 e. The highest BCUT2D eigenvalue weighted by Gasteiger charge is 2.29. The largest absolute Gasteiger partial charge is 0.471 e. The van der Waals surface area contributed by atoms with Crippen molar-refractivity contribution in [3.8, 4) is 5.75 Å². The Labute approximate surface area is 159 Å². The third kappa shape index (κ3) is 5.32. The number of oxime groups is 1. The zero-order valence-corrected chi connectivity index (χ0v) is 14.9. The summed E-state index contributed by atoms with van der Waals surface area (Å²) >= 11 is 0. The molecule has 3 aromatic rings. The Hall–Kier alpha value is -3.36. The van der Waals surface area contributed by atoms with Crippen LogP contribution in [0.25, 0.3) is 0 Å². The van der Waals surface area contributed by atoms with Crippen molar-refractivity contribution in [1.29, 1.82) is 0 Å². The molecule has 0 unspecified atom stereocenters. The van der Waals surface area contributed by atoms with E-state index in [1.54, 1.807) is 36.1 Å². The van der Waals surface area contributed by atoms with Gasteiger partial charge in [-0.3, -0.25) is 0 Å². The first-order valence-corrected chi connectivity index (χ1v) is 8.32. The van der Waals surface area contributed by atoms with Crippen molar-refractivity contribution in [3.63, 3.8) is 0 Å². The molecule has 146 valence electrons. The van der Waals surface area contributed by atoms with Crippen LogP contribution in [0.3, 0.4) is 0 Å². The van der Waals surface area contributed by atoms with E-state index in [-0.39, 0.29) is 13.3 Å². The lowest BCUT2D eigenvalue weighted by molar-refractivity contribution is -0.137. The molecule has 0 spiro atoms. The molecule has 0 fully saturated rings. The first-order valence-electron chi connectivity index (χ1n) is 8.32. The maximum Gasteiger partial charge on any atom is 0.416 e. The summed E-state index contributed by atoms with van der Waals surface area (Å²) < 4.78 is 44.8. The summed E-state index contributed by atoms with van der Waals surface area (Å²) in [6.07, 6.45) is -1.09. The molecule has 0 N–H and O–H groups in total. The number of alkyl halides is 3. The van der Waals surface area contributed by atoms with Gasteiger partial charge < -0.3 is 9.57 Å². The normalized spacial score (nSPS) is 12.1. The molecule has 0 atom stereocenters. The molecule has 0 radical (unpaired) electrons. The van der Waals surface area contributed by atoms with Crippen LogP contribution >= 0.6 is 0 Å². The van der Waals surface area contributed by atoms with E-state index >= 15 is 0 Å². The van der Waals surface area contributed by atoms with Crippen molar-refractivity contribution in [2.24, 2.45) is 5.16 Å². The summed E-state index contributed by atoms with van der Waals surface area (Å²) in [6, 6.07) is 12.0. The molecular formula is C19H17F3N4O2. The maximum atomic E-state index is 12.5. The van der Waals surface area contributed by atoms with Gasteiger partial charge in [0.1, 0.15) is 12.4 Å². The Morgan fingerprint density at radius 3 is 2.39 bits per heavy atom. The van der Waals surface area contributed by atoms with E-state index in [2.05, 4.69) is 15.5 Å². The molecule has 1 heterocycles. The predicted octanol–water partition coefficient (Wildman–Crippen LogP) is 4.27. The minimum absolute atomic E-state index is 0.0780. The Morgan fingerprint density at radius 2 is 1.79 bits per heavy atom. The number of rotatable bonds is 7. The fourth-order valence-corrected chi connectivity index (χ4v) is 2.28. The van der Waals surface area contributed by atoms with Gasteiger partial charge in [0.25, 0.3) is 0 Å². The Kier molecular flexibility index (Phi) is 5.93. The van der Waals surface area contributed by atoms with Gasteiger partial charge in [0, 0.05) is 6.20 Å². The predicted molar refractivity (Wildman–Crippen MR) is 95.5 cm³/mol. The quantitative estimate of drug-likeness (QED) is 0.446. The highest BCUT2D eigenvalue weighted by atomic mass is 19.4. The third-order valence-corrected chi connectivity index (χ3v) is 3.82. The second kappa shape index (κ2) is 8.55. The van der Waals surface area contributed by atoms with Crippen LogP contribution in [-0.2, 0) is 24.4 Å². The smallest absolute Gasteiger partial charge is 0.416 e. The van der Waals surface area contributed by atoms with Gasteiger partial charge in [-0.25, -0.2) is 4.68 Å². The van der Waals surface area contributed by atoms with Crippen LogP contribution in [0.4, 0.5) is 13.2 Å². The van der Waals surface area contributed by atoms with E-state index in [4.69, 9.17) is 9.57 Å². The van der Waals surface area contributed by atoms with Crippen molar-refractivity contribution in [3.05, 3.63) is 77.6 Å². The average molecular weight is 390 g/mol. The highest BCUT2D eigenvalue weighted by molar-refractivity contribution is 5.98. The van der Waals surface area contributed by atoms with Gasteiger partial charge in [0.2, 0.25) is 0 Å². The summed E-state index contributed by atoms with van der Waals surface area (Å²) in [7, 11) is 0. The molecule has 0 saturated heterocycles. The molecule has 3 rings (SSSR count). The maximum absolute atomic E-state index is 12.5. The number of hydrogen-bond acceptors (Lipinski definition) is 5. The van der Waals surface area contributed by atoms with Gasteiger partial charge in [-0.1, -0.05) is 22.5 Å². The van der Waals surface area contributed by atoms with E-state index in [0.29, 0.717) is 17.0 Å². The number of aromatic nitrogens is 3. The van der Waals surface area contributed by atoms with Crippen LogP contribution in [0.1, 0.15) is 23.6 Å². The van der Waals surface area contributed by atoms with Crippen molar-refractivity contribution < 1.29 is 22.7 Å². The molecular weight excluding hydrogens is 373 g/mol. The first-order chi connectivity index (χ1) is 13.4. The number of benzene rings is 2. The summed E-state index contributed by atoms with van der Waals surface area (Å²) in [5.74, 6) is 0.665. The summed E-state index contributed by atoms with van der Waals surface area (Å²) in [6.45, 7) is 2.11. The average Bonchev–Trinajstić information content (AvgIpc) is 3.20. The van der Waals surface area contributed by atoms with E-state index < -0.39 is 11.7 Å². The summed E-state index contributed by atoms with van der Waals surface area (Å²) in [5.41, 5.74) is 1.37. The molecule has 28 heavy (non-hydrogen) atoms. The van der Waals surface area contributed by atoms with E-state index in [0.717, 1.165) is 17.7 Å². The lowest BCUT2D eigenvalue weighted by atomic mass is 10.1. The van der Waals surface area contributed by atoms with Crippen molar-refractivity contribution in [1.82, 2.24) is 15.0 Å². The fraction of sp³-hybridized carbons (Fsp3) is 0.211. The van der Waals surface area contributed by atoms with Gasteiger partial charge in [-0.2, -0.15) is 13.2 Å². The molecule has 0 bridgehead atoms. The van der Waals surface area contributed by atoms with Gasteiger partial charge in [0.15, 0.2) is 6.73 Å². The molecule has 2 aromatic carbocycles. The third-order valence-electron chi connectivity index (χ3n) is 3.82. The Bertz CT molecular complexity index is 906. The molecule has 9 heteroatoms. The Morgan fingerprint density at radius 1 is 1.07 bits per heavy atom. The number of halogens is 3. The topological polar surface area (TPSA) is 61.5 Å². The van der Waals surface area contributed by atoms with Gasteiger partial charge in [-0.05, 0) is 54.4 Å². The fourth-order valence-electron chi connectivity index (χ4n) is 2.28. The highest BCUT2D eigenvalue weighted by Crippen LogP contribution is 2.29. The van der Waals surface area contributed by atoms with Gasteiger partial charge in [-0.15, -0.1) is 5.10 Å². The van der Waals surface area contributed by atoms with Crippen LogP contribution in [0.5, 0.6) is 5.75 Å². The molecule has 0 saturated carbocycles. The molecule has 0 amide bonds. The second-order valence-electron chi connectivity index (χ2n) is 5.89. The molecule has 0 aliphatic carbocycles. The summed E-state index contributed by atoms with van der Waals surface area (Å²) in [4.78, 5) is 5.25. The van der Waals surface area contributed by atoms with E-state index in [1.165, 1.54) is 12.1 Å². The van der Waals surface area contributed by atoms with Gasteiger partial charge >= 0.3 is 6.18 Å². The lowest BCUT2D eigenvalue weighted by Crippen LogP contribution is -2.06. The van der Waals surface area contributed by atoms with Crippen molar-refractivity contribution in [2.45, 2.75) is 26.4 Å². The van der Waals surface area contributed by atoms with Gasteiger partial charge in [0.05, 0.1) is 17.5 Å². The standard InChI is InChI=1S/C19H17F3N4O2/c1-14(24-28-12-15-2-6-17(7-3-15)19(20,21)22)16-4-8-18(9-5-16)27-13-26-11-10-23-25-26/h2-11H,12-13H2,1H3/b24-14+. The molecule has 0 aliphatic heterocycles. The van der Waals surface area contributed by atoms with Crippen LogP contribution in [0.15, 0.2) is 66.1 Å². The second-order valence-corrected chi connectivity index (χ2v) is 5.89. The SMILES string of the molecule is C/C(=N\OCc1ccc(C(F)(F)F)cc1)c1ccc(OCn2ccnn2)cc1. The Balaban J connectivity index is 1.51. The molecule has 6 nitrogen and oxygen atoms in total. The van der Waals surface area contributed by atoms with Crippen LogP contribution in [0.2, 0.25) is 0 Å². The molecule has 1 aromatic heterocycles. The molecule has 0 aliphatic rings. The first kappa shape index (κ1) is 19.4.